The van der Waals surface area contributed by atoms with E-state index in [9.17, 15) is 5.11 Å². The molecular formula is C11H26N2O. The summed E-state index contributed by atoms with van der Waals surface area (Å²) in [5, 5.41) is 12.8. The summed E-state index contributed by atoms with van der Waals surface area (Å²) in [6.07, 6.45) is 1.20. The molecule has 1 fully saturated rings. The quantitative estimate of drug-likeness (QED) is 0.719. The lowest BCUT2D eigenvalue weighted by Gasteiger charge is -2.21. The molecule has 0 amide bonds. The largest absolute Gasteiger partial charge is 0.389 e. The predicted molar refractivity (Wildman–Crippen MR) is 61.6 cm³/mol. The molecule has 0 radical (unpaired) electrons. The van der Waals surface area contributed by atoms with E-state index < -0.39 is 5.60 Å². The van der Waals surface area contributed by atoms with E-state index in [0.29, 0.717) is 12.6 Å². The fourth-order valence-corrected chi connectivity index (χ4v) is 1.50. The number of likely N-dealkylation sites (N-methyl/N-ethyl adjacent to an activating group) is 1. The van der Waals surface area contributed by atoms with Crippen LogP contribution in [0.1, 0.15) is 34.1 Å². The van der Waals surface area contributed by atoms with Crippen LogP contribution in [-0.4, -0.2) is 48.3 Å². The molecule has 1 saturated heterocycles. The van der Waals surface area contributed by atoms with Gasteiger partial charge in [-0.2, -0.15) is 0 Å². The second-order valence-corrected chi connectivity index (χ2v) is 4.44. The highest BCUT2D eigenvalue weighted by molar-refractivity contribution is 4.81. The number of hydrogen-bond donors (Lipinski definition) is 2. The Balaban J connectivity index is 0.000000791. The Hall–Kier alpha value is -0.120. The van der Waals surface area contributed by atoms with Gasteiger partial charge in [0.25, 0.3) is 0 Å². The standard InChI is InChI=1S/C9H20N2O.C2H6/c1-9(2,12)7-10-8-4-5-11(3)6-8;1-2/h8,10,12H,4-7H2,1-3H3;1-2H3. The summed E-state index contributed by atoms with van der Waals surface area (Å²) in [4.78, 5) is 2.31. The van der Waals surface area contributed by atoms with Crippen molar-refractivity contribution in [3.05, 3.63) is 0 Å². The molecule has 0 aromatic rings. The van der Waals surface area contributed by atoms with Gasteiger partial charge in [0, 0.05) is 19.1 Å². The number of likely N-dealkylation sites (tertiary alicyclic amines) is 1. The van der Waals surface area contributed by atoms with Crippen LogP contribution in [0.2, 0.25) is 0 Å². The van der Waals surface area contributed by atoms with Gasteiger partial charge >= 0.3 is 0 Å². The van der Waals surface area contributed by atoms with Crippen molar-refractivity contribution in [2.24, 2.45) is 0 Å². The Morgan fingerprint density at radius 2 is 2.00 bits per heavy atom. The summed E-state index contributed by atoms with van der Waals surface area (Å²) in [5.74, 6) is 0. The smallest absolute Gasteiger partial charge is 0.0715 e. The Bertz CT molecular complexity index is 143. The van der Waals surface area contributed by atoms with Gasteiger partial charge in [-0.3, -0.25) is 0 Å². The van der Waals surface area contributed by atoms with E-state index in [1.807, 2.05) is 27.7 Å². The van der Waals surface area contributed by atoms with Crippen LogP contribution in [0.3, 0.4) is 0 Å². The summed E-state index contributed by atoms with van der Waals surface area (Å²) < 4.78 is 0. The maximum absolute atomic E-state index is 9.47. The molecule has 1 aliphatic heterocycles. The molecule has 1 rings (SSSR count). The third-order valence-electron chi connectivity index (χ3n) is 2.21. The Kier molecular flexibility index (Phi) is 6.33. The Morgan fingerprint density at radius 3 is 2.36 bits per heavy atom. The molecule has 3 heteroatoms. The van der Waals surface area contributed by atoms with Gasteiger partial charge in [-0.15, -0.1) is 0 Å². The van der Waals surface area contributed by atoms with Gasteiger partial charge in [-0.25, -0.2) is 0 Å². The van der Waals surface area contributed by atoms with Crippen molar-refractivity contribution in [3.63, 3.8) is 0 Å². The third kappa shape index (κ3) is 6.35. The highest BCUT2D eigenvalue weighted by Crippen LogP contribution is 2.07. The molecule has 0 aromatic heterocycles. The zero-order chi connectivity index (χ0) is 11.2. The molecule has 0 bridgehead atoms. The second-order valence-electron chi connectivity index (χ2n) is 4.44. The van der Waals surface area contributed by atoms with Gasteiger partial charge in [0.2, 0.25) is 0 Å². The van der Waals surface area contributed by atoms with Crippen molar-refractivity contribution in [1.29, 1.82) is 0 Å². The van der Waals surface area contributed by atoms with Crippen LogP contribution in [0, 0.1) is 0 Å². The van der Waals surface area contributed by atoms with Gasteiger partial charge in [0.1, 0.15) is 0 Å². The molecule has 2 N–H and O–H groups in total. The average Bonchev–Trinajstić information content (AvgIpc) is 2.50. The fourth-order valence-electron chi connectivity index (χ4n) is 1.50. The Morgan fingerprint density at radius 1 is 1.43 bits per heavy atom. The lowest BCUT2D eigenvalue weighted by atomic mass is 10.1. The van der Waals surface area contributed by atoms with Crippen molar-refractivity contribution in [2.45, 2.75) is 45.8 Å². The monoisotopic (exact) mass is 202 g/mol. The fraction of sp³-hybridized carbons (Fsp3) is 1.00. The van der Waals surface area contributed by atoms with Crippen LogP contribution in [0.15, 0.2) is 0 Å². The molecule has 1 aliphatic rings. The number of nitrogens with zero attached hydrogens (tertiary/aromatic N) is 1. The highest BCUT2D eigenvalue weighted by Gasteiger charge is 2.21. The molecule has 3 nitrogen and oxygen atoms in total. The zero-order valence-electron chi connectivity index (χ0n) is 10.3. The first-order chi connectivity index (χ1) is 6.47. The number of hydrogen-bond acceptors (Lipinski definition) is 3. The minimum absolute atomic E-state index is 0.571. The van der Waals surface area contributed by atoms with Crippen molar-refractivity contribution in [1.82, 2.24) is 10.2 Å². The van der Waals surface area contributed by atoms with Gasteiger partial charge in [-0.1, -0.05) is 13.8 Å². The first-order valence-electron chi connectivity index (χ1n) is 5.62. The molecule has 0 saturated carbocycles. The Labute approximate surface area is 88.5 Å². The maximum atomic E-state index is 9.47. The minimum Gasteiger partial charge on any atom is -0.389 e. The third-order valence-corrected chi connectivity index (χ3v) is 2.21. The van der Waals surface area contributed by atoms with Crippen molar-refractivity contribution < 1.29 is 5.11 Å². The molecule has 1 unspecified atom stereocenters. The normalized spacial score (nSPS) is 23.1. The van der Waals surface area contributed by atoms with Crippen LogP contribution in [0.5, 0.6) is 0 Å². The lowest BCUT2D eigenvalue weighted by Crippen LogP contribution is -2.41. The van der Waals surface area contributed by atoms with E-state index >= 15 is 0 Å². The van der Waals surface area contributed by atoms with Crippen LogP contribution in [0.25, 0.3) is 0 Å². The van der Waals surface area contributed by atoms with Gasteiger partial charge in [-0.05, 0) is 33.9 Å². The lowest BCUT2D eigenvalue weighted by molar-refractivity contribution is 0.0767. The summed E-state index contributed by atoms with van der Waals surface area (Å²) >= 11 is 0. The second kappa shape index (κ2) is 6.38. The topological polar surface area (TPSA) is 35.5 Å². The molecule has 0 aliphatic carbocycles. The number of rotatable bonds is 3. The molecule has 86 valence electrons. The SMILES string of the molecule is CC.CN1CCC(NCC(C)(C)O)C1. The summed E-state index contributed by atoms with van der Waals surface area (Å²) in [5.41, 5.74) is -0.582. The first-order valence-corrected chi connectivity index (χ1v) is 5.62. The number of nitrogens with one attached hydrogen (secondary N) is 1. The van der Waals surface area contributed by atoms with Crippen molar-refractivity contribution in [2.75, 3.05) is 26.7 Å². The summed E-state index contributed by atoms with van der Waals surface area (Å²) in [6, 6.07) is 0.571. The van der Waals surface area contributed by atoms with E-state index in [1.165, 1.54) is 13.0 Å². The summed E-state index contributed by atoms with van der Waals surface area (Å²) in [7, 11) is 2.13. The molecule has 14 heavy (non-hydrogen) atoms. The van der Waals surface area contributed by atoms with Crippen LogP contribution in [-0.2, 0) is 0 Å². The molecule has 0 aromatic carbocycles. The van der Waals surface area contributed by atoms with Crippen LogP contribution in [0.4, 0.5) is 0 Å². The maximum Gasteiger partial charge on any atom is 0.0715 e. The molecule has 1 atom stereocenters. The average molecular weight is 202 g/mol. The first kappa shape index (κ1) is 13.9. The van der Waals surface area contributed by atoms with Gasteiger partial charge in [0.05, 0.1) is 5.60 Å². The van der Waals surface area contributed by atoms with E-state index in [1.54, 1.807) is 0 Å². The molecule has 0 spiro atoms. The highest BCUT2D eigenvalue weighted by atomic mass is 16.3. The van der Waals surface area contributed by atoms with Crippen molar-refractivity contribution in [3.8, 4) is 0 Å². The van der Waals surface area contributed by atoms with E-state index in [-0.39, 0.29) is 0 Å². The van der Waals surface area contributed by atoms with Gasteiger partial charge < -0.3 is 15.3 Å². The van der Waals surface area contributed by atoms with Crippen LogP contribution < -0.4 is 5.32 Å². The zero-order valence-corrected chi connectivity index (χ0v) is 10.3. The van der Waals surface area contributed by atoms with E-state index in [2.05, 4.69) is 17.3 Å². The van der Waals surface area contributed by atoms with Gasteiger partial charge in [0.15, 0.2) is 0 Å². The minimum atomic E-state index is -0.582. The molecule has 1 heterocycles. The summed E-state index contributed by atoms with van der Waals surface area (Å²) in [6.45, 7) is 10.6. The molecular weight excluding hydrogens is 176 g/mol. The number of aliphatic hydroxyl groups is 1. The van der Waals surface area contributed by atoms with Crippen LogP contribution >= 0.6 is 0 Å². The van der Waals surface area contributed by atoms with E-state index in [0.717, 1.165) is 6.54 Å². The predicted octanol–water partition coefficient (Wildman–Crippen LogP) is 1.08. The van der Waals surface area contributed by atoms with Crippen molar-refractivity contribution >= 4 is 0 Å². The van der Waals surface area contributed by atoms with E-state index in [4.69, 9.17) is 0 Å².